The number of aliphatic hydroxyl groups is 1. The zero-order valence-electron chi connectivity index (χ0n) is 14.0. The summed E-state index contributed by atoms with van der Waals surface area (Å²) in [5.41, 5.74) is 4.37. The van der Waals surface area contributed by atoms with Crippen LogP contribution in [0.4, 0.5) is 0 Å². The average molecular weight is 308 g/mol. The van der Waals surface area contributed by atoms with Gasteiger partial charge in [-0.25, -0.2) is 0 Å². The first-order valence-electron chi connectivity index (χ1n) is 9.09. The molecule has 1 saturated carbocycles. The highest BCUT2D eigenvalue weighted by Crippen LogP contribution is 2.37. The summed E-state index contributed by atoms with van der Waals surface area (Å²) in [6, 6.07) is 20.0. The van der Waals surface area contributed by atoms with E-state index in [0.29, 0.717) is 18.4 Å². The molecule has 1 heteroatoms. The van der Waals surface area contributed by atoms with E-state index in [4.69, 9.17) is 0 Å². The van der Waals surface area contributed by atoms with Gasteiger partial charge in [-0.2, -0.15) is 0 Å². The van der Waals surface area contributed by atoms with Gasteiger partial charge in [0.1, 0.15) is 0 Å². The normalized spacial score (nSPS) is 20.7. The quantitative estimate of drug-likeness (QED) is 0.703. The number of unbranched alkanes of at least 4 members (excludes halogenated alkanes) is 1. The molecule has 0 bridgehead atoms. The number of aryl methyl sites for hydroxylation is 2. The van der Waals surface area contributed by atoms with Crippen molar-refractivity contribution in [1.29, 1.82) is 0 Å². The lowest BCUT2D eigenvalue weighted by molar-refractivity contribution is 0.229. The maximum Gasteiger partial charge on any atom is 0.0459 e. The van der Waals surface area contributed by atoms with E-state index >= 15 is 0 Å². The lowest BCUT2D eigenvalue weighted by atomic mass is 9.94. The highest BCUT2D eigenvalue weighted by Gasteiger charge is 2.24. The van der Waals surface area contributed by atoms with E-state index in [1.54, 1.807) is 0 Å². The van der Waals surface area contributed by atoms with Crippen molar-refractivity contribution < 1.29 is 5.11 Å². The Bertz CT molecular complexity index is 573. The summed E-state index contributed by atoms with van der Waals surface area (Å²) in [7, 11) is 0. The summed E-state index contributed by atoms with van der Waals surface area (Å²) in [4.78, 5) is 0. The molecule has 0 saturated heterocycles. The first-order chi connectivity index (χ1) is 11.3. The molecular weight excluding hydrogens is 280 g/mol. The zero-order valence-corrected chi connectivity index (χ0v) is 14.0. The molecule has 0 amide bonds. The molecule has 0 aliphatic heterocycles. The Morgan fingerprint density at radius 2 is 1.43 bits per heavy atom. The van der Waals surface area contributed by atoms with Gasteiger partial charge in [-0.15, -0.1) is 0 Å². The van der Waals surface area contributed by atoms with Crippen molar-refractivity contribution >= 4 is 0 Å². The fraction of sp³-hybridized carbons (Fsp3) is 0.455. The van der Waals surface area contributed by atoms with Crippen LogP contribution in [0.5, 0.6) is 0 Å². The minimum absolute atomic E-state index is 0.357. The third-order valence-corrected chi connectivity index (χ3v) is 5.27. The largest absolute Gasteiger partial charge is 0.396 e. The van der Waals surface area contributed by atoms with Crippen LogP contribution >= 0.6 is 0 Å². The molecule has 2 aromatic rings. The number of hydrogen-bond donors (Lipinski definition) is 1. The van der Waals surface area contributed by atoms with Gasteiger partial charge in [0.05, 0.1) is 0 Å². The van der Waals surface area contributed by atoms with Crippen molar-refractivity contribution in [2.24, 2.45) is 5.92 Å². The van der Waals surface area contributed by atoms with Gasteiger partial charge in [0.2, 0.25) is 0 Å². The van der Waals surface area contributed by atoms with Crippen molar-refractivity contribution in [2.45, 2.75) is 50.9 Å². The van der Waals surface area contributed by atoms with Crippen LogP contribution in [-0.2, 0) is 12.8 Å². The second-order valence-electron chi connectivity index (χ2n) is 6.99. The van der Waals surface area contributed by atoms with Crippen molar-refractivity contribution in [1.82, 2.24) is 0 Å². The van der Waals surface area contributed by atoms with Crippen LogP contribution in [0, 0.1) is 5.92 Å². The zero-order chi connectivity index (χ0) is 15.9. The number of rotatable bonds is 7. The van der Waals surface area contributed by atoms with Crippen molar-refractivity contribution in [3.05, 3.63) is 71.3 Å². The second kappa shape index (κ2) is 8.31. The van der Waals surface area contributed by atoms with Gasteiger partial charge >= 0.3 is 0 Å². The summed E-state index contributed by atoms with van der Waals surface area (Å²) >= 11 is 0. The molecule has 0 aromatic heterocycles. The summed E-state index contributed by atoms with van der Waals surface area (Å²) in [5.74, 6) is 1.19. The van der Waals surface area contributed by atoms with Gasteiger partial charge in [0.25, 0.3) is 0 Å². The first-order valence-corrected chi connectivity index (χ1v) is 9.09. The maximum absolute atomic E-state index is 9.28. The third kappa shape index (κ3) is 4.68. The van der Waals surface area contributed by atoms with Crippen LogP contribution in [0.15, 0.2) is 54.6 Å². The molecule has 2 unspecified atom stereocenters. The highest BCUT2D eigenvalue weighted by molar-refractivity contribution is 5.26. The van der Waals surface area contributed by atoms with Crippen LogP contribution in [0.1, 0.15) is 54.7 Å². The van der Waals surface area contributed by atoms with E-state index in [9.17, 15) is 5.11 Å². The van der Waals surface area contributed by atoms with E-state index in [1.807, 2.05) is 0 Å². The lowest BCUT2D eigenvalue weighted by Crippen LogP contribution is -2.00. The maximum atomic E-state index is 9.28. The predicted octanol–water partition coefficient (Wildman–Crippen LogP) is 5.13. The first kappa shape index (κ1) is 16.3. The Balaban J connectivity index is 1.43. The van der Waals surface area contributed by atoms with Crippen LogP contribution < -0.4 is 0 Å². The van der Waals surface area contributed by atoms with Gasteiger partial charge in [0.15, 0.2) is 0 Å². The lowest BCUT2D eigenvalue weighted by Gasteiger charge is -2.11. The standard InChI is InChI=1S/C22H28O/c23-17-20-12-15-22(16-20)21-13-10-19(11-14-21)9-5-4-8-18-6-2-1-3-7-18/h1-3,6-7,10-11,13-14,20,22-23H,4-5,8-9,12,15-17H2. The minimum atomic E-state index is 0.357. The van der Waals surface area contributed by atoms with E-state index in [1.165, 1.54) is 55.2 Å². The van der Waals surface area contributed by atoms with Gasteiger partial charge in [-0.3, -0.25) is 0 Å². The number of hydrogen-bond acceptors (Lipinski definition) is 1. The molecule has 3 rings (SSSR count). The van der Waals surface area contributed by atoms with Gasteiger partial charge in [-0.1, -0.05) is 54.6 Å². The second-order valence-corrected chi connectivity index (χ2v) is 6.99. The molecule has 23 heavy (non-hydrogen) atoms. The van der Waals surface area contributed by atoms with Crippen LogP contribution in [0.25, 0.3) is 0 Å². The Morgan fingerprint density at radius 3 is 2.04 bits per heavy atom. The van der Waals surface area contributed by atoms with Gasteiger partial charge in [0, 0.05) is 6.61 Å². The SMILES string of the molecule is OCC1CCC(c2ccc(CCCCc3ccccc3)cc2)C1. The molecule has 1 fully saturated rings. The van der Waals surface area contributed by atoms with Crippen LogP contribution in [0.3, 0.4) is 0 Å². The van der Waals surface area contributed by atoms with Crippen molar-refractivity contribution in [2.75, 3.05) is 6.61 Å². The van der Waals surface area contributed by atoms with Gasteiger partial charge < -0.3 is 5.11 Å². The Labute approximate surface area is 140 Å². The smallest absolute Gasteiger partial charge is 0.0459 e. The molecule has 0 heterocycles. The van der Waals surface area contributed by atoms with Gasteiger partial charge in [-0.05, 0) is 73.5 Å². The summed E-state index contributed by atoms with van der Waals surface area (Å²) in [6.07, 6.45) is 8.45. The summed E-state index contributed by atoms with van der Waals surface area (Å²) in [5, 5.41) is 9.28. The number of aliphatic hydroxyl groups excluding tert-OH is 1. The molecule has 122 valence electrons. The summed E-state index contributed by atoms with van der Waals surface area (Å²) < 4.78 is 0. The Kier molecular flexibility index (Phi) is 5.87. The minimum Gasteiger partial charge on any atom is -0.396 e. The van der Waals surface area contributed by atoms with Crippen LogP contribution in [0.2, 0.25) is 0 Å². The average Bonchev–Trinajstić information content (AvgIpc) is 3.09. The molecular formula is C22H28O. The van der Waals surface area contributed by atoms with E-state index < -0.39 is 0 Å². The predicted molar refractivity (Wildman–Crippen MR) is 96.7 cm³/mol. The van der Waals surface area contributed by atoms with Crippen LogP contribution in [-0.4, -0.2) is 11.7 Å². The molecule has 2 atom stereocenters. The molecule has 0 radical (unpaired) electrons. The molecule has 1 aliphatic rings. The molecule has 1 nitrogen and oxygen atoms in total. The Hall–Kier alpha value is -1.60. The number of benzene rings is 2. The molecule has 0 spiro atoms. The molecule has 2 aromatic carbocycles. The van der Waals surface area contributed by atoms with E-state index in [0.717, 1.165) is 6.42 Å². The molecule has 1 aliphatic carbocycles. The fourth-order valence-electron chi connectivity index (χ4n) is 3.80. The van der Waals surface area contributed by atoms with Crippen molar-refractivity contribution in [3.8, 4) is 0 Å². The third-order valence-electron chi connectivity index (χ3n) is 5.27. The highest BCUT2D eigenvalue weighted by atomic mass is 16.3. The molecule has 1 N–H and O–H groups in total. The Morgan fingerprint density at radius 1 is 0.783 bits per heavy atom. The fourth-order valence-corrected chi connectivity index (χ4v) is 3.80. The van der Waals surface area contributed by atoms with E-state index in [2.05, 4.69) is 54.6 Å². The monoisotopic (exact) mass is 308 g/mol. The van der Waals surface area contributed by atoms with E-state index in [-0.39, 0.29) is 0 Å². The topological polar surface area (TPSA) is 20.2 Å². The van der Waals surface area contributed by atoms with Crippen molar-refractivity contribution in [3.63, 3.8) is 0 Å². The summed E-state index contributed by atoms with van der Waals surface area (Å²) in [6.45, 7) is 0.357.